The summed E-state index contributed by atoms with van der Waals surface area (Å²) in [5.74, 6) is -1.72. The minimum Gasteiger partial charge on any atom is -0.452 e. The highest BCUT2D eigenvalue weighted by molar-refractivity contribution is 7.89. The third kappa shape index (κ3) is 6.82. The molecule has 0 radical (unpaired) electrons. The van der Waals surface area contributed by atoms with Crippen molar-refractivity contribution in [3.63, 3.8) is 0 Å². The Hall–Kier alpha value is -2.46. The van der Waals surface area contributed by atoms with Crippen LogP contribution in [0.25, 0.3) is 0 Å². The Morgan fingerprint density at radius 2 is 1.83 bits per heavy atom. The largest absolute Gasteiger partial charge is 0.452 e. The summed E-state index contributed by atoms with van der Waals surface area (Å²) in [5, 5.41) is 4.81. The van der Waals surface area contributed by atoms with E-state index < -0.39 is 40.6 Å². The van der Waals surface area contributed by atoms with Crippen LogP contribution < -0.4 is 15.4 Å². The van der Waals surface area contributed by atoms with Gasteiger partial charge >= 0.3 is 12.0 Å². The normalized spacial score (nSPS) is 15.6. The molecule has 3 N–H and O–H groups in total. The smallest absolute Gasteiger partial charge is 0.321 e. The van der Waals surface area contributed by atoms with Crippen LogP contribution in [0.4, 0.5) is 4.79 Å². The van der Waals surface area contributed by atoms with E-state index in [0.29, 0.717) is 5.56 Å². The number of carbonyl (C=O) groups excluding carboxylic acids is 3. The van der Waals surface area contributed by atoms with Gasteiger partial charge in [0.05, 0.1) is 4.90 Å². The van der Waals surface area contributed by atoms with Crippen molar-refractivity contribution in [3.05, 3.63) is 29.3 Å². The first-order chi connectivity index (χ1) is 13.6. The highest BCUT2D eigenvalue weighted by atomic mass is 32.2. The van der Waals surface area contributed by atoms with Crippen LogP contribution >= 0.6 is 0 Å². The zero-order valence-corrected chi connectivity index (χ0v) is 17.6. The molecule has 1 atom stereocenters. The van der Waals surface area contributed by atoms with Gasteiger partial charge in [0, 0.05) is 6.04 Å². The van der Waals surface area contributed by atoms with Crippen LogP contribution in [0.15, 0.2) is 23.1 Å². The number of amides is 3. The lowest BCUT2D eigenvalue weighted by molar-refractivity contribution is -0.153. The number of rotatable bonds is 7. The Kier molecular flexibility index (Phi) is 7.74. The van der Waals surface area contributed by atoms with Gasteiger partial charge in [-0.25, -0.2) is 13.2 Å². The monoisotopic (exact) mass is 425 g/mol. The standard InChI is InChI=1S/C19H27N3O6S/c1-12-8-9-13(2)16(10-12)29(26,27)20-11-17(23)28-14(3)18(24)22-19(25)21-15-6-4-5-7-15/h8-10,14-15,20H,4-7,11H2,1-3H3,(H2,21,22,24,25)/t14-/m1/s1. The zero-order chi connectivity index (χ0) is 21.6. The molecule has 3 amide bonds. The summed E-state index contributed by atoms with van der Waals surface area (Å²) in [6.07, 6.45) is 2.55. The van der Waals surface area contributed by atoms with Crippen molar-refractivity contribution in [2.45, 2.75) is 63.5 Å². The summed E-state index contributed by atoms with van der Waals surface area (Å²) >= 11 is 0. The van der Waals surface area contributed by atoms with Crippen LogP contribution in [-0.2, 0) is 24.3 Å². The predicted octanol–water partition coefficient (Wildman–Crippen LogP) is 1.28. The molecule has 1 saturated carbocycles. The highest BCUT2D eigenvalue weighted by Gasteiger charge is 2.24. The number of nitrogens with one attached hydrogen (secondary N) is 3. The first kappa shape index (κ1) is 22.8. The van der Waals surface area contributed by atoms with Crippen LogP contribution in [0.5, 0.6) is 0 Å². The summed E-state index contributed by atoms with van der Waals surface area (Å²) in [6.45, 7) is 4.07. The second kappa shape index (κ2) is 9.84. The van der Waals surface area contributed by atoms with E-state index in [-0.39, 0.29) is 10.9 Å². The molecule has 1 aliphatic carbocycles. The van der Waals surface area contributed by atoms with Gasteiger partial charge < -0.3 is 10.1 Å². The fraction of sp³-hybridized carbons (Fsp3) is 0.526. The molecular formula is C19H27N3O6S. The van der Waals surface area contributed by atoms with Crippen LogP contribution in [0.2, 0.25) is 0 Å². The average molecular weight is 426 g/mol. The van der Waals surface area contributed by atoms with Gasteiger partial charge in [0.2, 0.25) is 10.0 Å². The molecule has 1 aliphatic rings. The maximum absolute atomic E-state index is 12.4. The molecule has 10 heteroatoms. The minimum atomic E-state index is -3.91. The van der Waals surface area contributed by atoms with E-state index in [2.05, 4.69) is 15.4 Å². The molecule has 1 fully saturated rings. The number of sulfonamides is 1. The number of urea groups is 1. The molecule has 0 heterocycles. The molecule has 1 aromatic carbocycles. The molecule has 0 aliphatic heterocycles. The predicted molar refractivity (Wildman–Crippen MR) is 106 cm³/mol. The SMILES string of the molecule is Cc1ccc(C)c(S(=O)(=O)NCC(=O)O[C@H](C)C(=O)NC(=O)NC2CCCC2)c1. The molecule has 0 saturated heterocycles. The Morgan fingerprint density at radius 3 is 2.48 bits per heavy atom. The zero-order valence-electron chi connectivity index (χ0n) is 16.8. The topological polar surface area (TPSA) is 131 Å². The number of ether oxygens (including phenoxy) is 1. The number of aryl methyl sites for hydroxylation is 2. The molecule has 0 aromatic heterocycles. The van der Waals surface area contributed by atoms with Crippen LogP contribution in [0.3, 0.4) is 0 Å². The van der Waals surface area contributed by atoms with Crippen molar-refractivity contribution in [2.24, 2.45) is 0 Å². The third-order valence-electron chi connectivity index (χ3n) is 4.64. The number of hydrogen-bond acceptors (Lipinski definition) is 6. The number of imide groups is 1. The maximum atomic E-state index is 12.4. The van der Waals surface area contributed by atoms with Gasteiger partial charge in [-0.2, -0.15) is 4.72 Å². The van der Waals surface area contributed by atoms with Crippen molar-refractivity contribution >= 4 is 27.9 Å². The van der Waals surface area contributed by atoms with Crippen molar-refractivity contribution in [1.29, 1.82) is 0 Å². The summed E-state index contributed by atoms with van der Waals surface area (Å²) < 4.78 is 31.9. The molecule has 160 valence electrons. The summed E-state index contributed by atoms with van der Waals surface area (Å²) in [6, 6.07) is 4.36. The quantitative estimate of drug-likeness (QED) is 0.564. The fourth-order valence-electron chi connectivity index (χ4n) is 3.03. The van der Waals surface area contributed by atoms with E-state index >= 15 is 0 Å². The molecule has 9 nitrogen and oxygen atoms in total. The second-order valence-electron chi connectivity index (χ2n) is 7.17. The lowest BCUT2D eigenvalue weighted by Crippen LogP contribution is -2.47. The lowest BCUT2D eigenvalue weighted by atomic mass is 10.2. The van der Waals surface area contributed by atoms with E-state index in [4.69, 9.17) is 4.74 Å². The molecule has 1 aromatic rings. The van der Waals surface area contributed by atoms with E-state index in [1.54, 1.807) is 26.0 Å². The number of carbonyl (C=O) groups is 3. The molecule has 29 heavy (non-hydrogen) atoms. The van der Waals surface area contributed by atoms with Gasteiger partial charge in [0.1, 0.15) is 6.54 Å². The van der Waals surface area contributed by atoms with E-state index in [0.717, 1.165) is 31.2 Å². The summed E-state index contributed by atoms with van der Waals surface area (Å²) in [5.41, 5.74) is 1.30. The number of benzene rings is 1. The van der Waals surface area contributed by atoms with E-state index in [9.17, 15) is 22.8 Å². The Labute approximate surface area is 170 Å². The maximum Gasteiger partial charge on any atom is 0.321 e. The number of esters is 1. The lowest BCUT2D eigenvalue weighted by Gasteiger charge is -2.16. The van der Waals surface area contributed by atoms with Crippen molar-refractivity contribution in [2.75, 3.05) is 6.54 Å². The van der Waals surface area contributed by atoms with E-state index in [1.807, 2.05) is 0 Å². The van der Waals surface area contributed by atoms with Crippen LogP contribution in [-0.4, -0.2) is 45.0 Å². The fourth-order valence-corrected chi connectivity index (χ4v) is 4.32. The van der Waals surface area contributed by atoms with Gasteiger partial charge in [0.25, 0.3) is 5.91 Å². The second-order valence-corrected chi connectivity index (χ2v) is 8.91. The molecular weight excluding hydrogens is 398 g/mol. The molecule has 0 bridgehead atoms. The van der Waals surface area contributed by atoms with Gasteiger partial charge in [0.15, 0.2) is 6.10 Å². The first-order valence-electron chi connectivity index (χ1n) is 9.46. The molecule has 2 rings (SSSR count). The minimum absolute atomic E-state index is 0.0418. The van der Waals surface area contributed by atoms with E-state index in [1.165, 1.54) is 13.0 Å². The average Bonchev–Trinajstić information content (AvgIpc) is 3.14. The first-order valence-corrected chi connectivity index (χ1v) is 10.9. The van der Waals surface area contributed by atoms with Gasteiger partial charge in [-0.15, -0.1) is 0 Å². The Bertz CT molecular complexity index is 878. The van der Waals surface area contributed by atoms with Gasteiger partial charge in [-0.05, 0) is 50.8 Å². The van der Waals surface area contributed by atoms with Gasteiger partial charge in [-0.3, -0.25) is 14.9 Å². The highest BCUT2D eigenvalue weighted by Crippen LogP contribution is 2.17. The molecule has 0 unspecified atom stereocenters. The van der Waals surface area contributed by atoms with Crippen molar-refractivity contribution in [3.8, 4) is 0 Å². The molecule has 0 spiro atoms. The Morgan fingerprint density at radius 1 is 1.17 bits per heavy atom. The van der Waals surface area contributed by atoms with Crippen LogP contribution in [0, 0.1) is 13.8 Å². The summed E-state index contributed by atoms with van der Waals surface area (Å²) in [4.78, 5) is 35.8. The third-order valence-corrected chi connectivity index (χ3v) is 6.19. The van der Waals surface area contributed by atoms with Gasteiger partial charge in [-0.1, -0.05) is 25.0 Å². The van der Waals surface area contributed by atoms with Crippen molar-refractivity contribution < 1.29 is 27.5 Å². The summed E-state index contributed by atoms with van der Waals surface area (Å²) in [7, 11) is -3.91. The van der Waals surface area contributed by atoms with Crippen molar-refractivity contribution in [1.82, 2.24) is 15.4 Å². The van der Waals surface area contributed by atoms with Crippen LogP contribution in [0.1, 0.15) is 43.7 Å². The number of hydrogen-bond donors (Lipinski definition) is 3. The Balaban J connectivity index is 1.82.